The maximum absolute atomic E-state index is 11.1. The van der Waals surface area contributed by atoms with Crippen LogP contribution in [-0.2, 0) is 4.74 Å². The van der Waals surface area contributed by atoms with E-state index in [1.54, 1.807) is 12.1 Å². The van der Waals surface area contributed by atoms with E-state index in [0.29, 0.717) is 24.0 Å². The van der Waals surface area contributed by atoms with E-state index in [2.05, 4.69) is 4.90 Å². The molecule has 1 atom stereocenters. The van der Waals surface area contributed by atoms with E-state index in [-0.39, 0.29) is 11.7 Å². The Morgan fingerprint density at radius 2 is 2.42 bits per heavy atom. The molecule has 0 aliphatic carbocycles. The third-order valence-corrected chi connectivity index (χ3v) is 3.17. The van der Waals surface area contributed by atoms with Crippen molar-refractivity contribution in [3.63, 3.8) is 0 Å². The monoisotopic (exact) mass is 285 g/mol. The molecule has 0 radical (unpaired) electrons. The highest BCUT2D eigenvalue weighted by atomic mass is 35.5. The van der Waals surface area contributed by atoms with Gasteiger partial charge in [-0.15, -0.1) is 0 Å². The van der Waals surface area contributed by atoms with Gasteiger partial charge in [-0.1, -0.05) is 11.6 Å². The van der Waals surface area contributed by atoms with Gasteiger partial charge in [0.05, 0.1) is 6.61 Å². The van der Waals surface area contributed by atoms with E-state index in [0.717, 1.165) is 13.1 Å². The summed E-state index contributed by atoms with van der Waals surface area (Å²) in [4.78, 5) is 13.2. The molecule has 1 saturated heterocycles. The van der Waals surface area contributed by atoms with Gasteiger partial charge in [0.25, 0.3) is 0 Å². The molecule has 1 aliphatic heterocycles. The summed E-state index contributed by atoms with van der Waals surface area (Å²) in [6.07, 6.45) is -0.0453. The van der Waals surface area contributed by atoms with Crippen LogP contribution < -0.4 is 4.74 Å². The van der Waals surface area contributed by atoms with Crippen LogP contribution in [0.4, 0.5) is 0 Å². The number of morpholine rings is 1. The summed E-state index contributed by atoms with van der Waals surface area (Å²) in [5.41, 5.74) is 0.0664. The lowest BCUT2D eigenvalue weighted by Crippen LogP contribution is -2.42. The molecule has 1 aromatic rings. The zero-order valence-electron chi connectivity index (χ0n) is 10.6. The Morgan fingerprint density at radius 1 is 1.63 bits per heavy atom. The molecule has 1 aliphatic rings. The number of ether oxygens (including phenoxy) is 2. The van der Waals surface area contributed by atoms with Crippen LogP contribution in [0.1, 0.15) is 10.4 Å². The Labute approximate surface area is 116 Å². The van der Waals surface area contributed by atoms with Crippen LogP contribution in [0, 0.1) is 0 Å². The van der Waals surface area contributed by atoms with Gasteiger partial charge in [-0.3, -0.25) is 0 Å². The summed E-state index contributed by atoms with van der Waals surface area (Å²) in [5.74, 6) is -0.743. The minimum absolute atomic E-state index is 0.0453. The largest absolute Gasteiger partial charge is 0.490 e. The number of benzene rings is 1. The van der Waals surface area contributed by atoms with Gasteiger partial charge in [0.1, 0.15) is 24.0 Å². The Balaban J connectivity index is 2.01. The van der Waals surface area contributed by atoms with Crippen LogP contribution >= 0.6 is 11.6 Å². The molecule has 1 unspecified atom stereocenters. The molecule has 104 valence electrons. The first kappa shape index (κ1) is 14.1. The Kier molecular flexibility index (Phi) is 4.63. The maximum Gasteiger partial charge on any atom is 0.339 e. The lowest BCUT2D eigenvalue weighted by Gasteiger charge is -2.29. The maximum atomic E-state index is 11.1. The first-order valence-electron chi connectivity index (χ1n) is 6.02. The normalized spacial score (nSPS) is 20.2. The van der Waals surface area contributed by atoms with E-state index >= 15 is 0 Å². The number of likely N-dealkylation sites (N-methyl/N-ethyl adjacent to an activating group) is 1. The Hall–Kier alpha value is -1.30. The van der Waals surface area contributed by atoms with Crippen LogP contribution in [0.25, 0.3) is 0 Å². The van der Waals surface area contributed by atoms with Gasteiger partial charge >= 0.3 is 5.97 Å². The van der Waals surface area contributed by atoms with Crippen molar-refractivity contribution in [2.75, 3.05) is 33.4 Å². The Morgan fingerprint density at radius 3 is 3.11 bits per heavy atom. The van der Waals surface area contributed by atoms with Gasteiger partial charge < -0.3 is 19.5 Å². The van der Waals surface area contributed by atoms with Crippen LogP contribution in [0.2, 0.25) is 5.02 Å². The van der Waals surface area contributed by atoms with Crippen LogP contribution in [-0.4, -0.2) is 55.4 Å². The van der Waals surface area contributed by atoms with Crippen molar-refractivity contribution in [2.24, 2.45) is 0 Å². The SMILES string of the molecule is CN1CCOC(COc2ccc(Cl)cc2C(=O)O)C1. The van der Waals surface area contributed by atoms with Gasteiger partial charge in [-0.05, 0) is 25.2 Å². The number of hydrogen-bond donors (Lipinski definition) is 1. The van der Waals surface area contributed by atoms with Crippen molar-refractivity contribution in [2.45, 2.75) is 6.10 Å². The molecule has 1 fully saturated rings. The third-order valence-electron chi connectivity index (χ3n) is 2.94. The van der Waals surface area contributed by atoms with Gasteiger partial charge in [-0.2, -0.15) is 0 Å². The second-order valence-electron chi connectivity index (χ2n) is 4.51. The van der Waals surface area contributed by atoms with Gasteiger partial charge in [-0.25, -0.2) is 4.79 Å². The average molecular weight is 286 g/mol. The molecule has 0 amide bonds. The van der Waals surface area contributed by atoms with Crippen LogP contribution in [0.15, 0.2) is 18.2 Å². The predicted molar refractivity (Wildman–Crippen MR) is 71.1 cm³/mol. The molecule has 0 aromatic heterocycles. The highest BCUT2D eigenvalue weighted by Gasteiger charge is 2.19. The molecule has 5 nitrogen and oxygen atoms in total. The molecule has 0 bridgehead atoms. The van der Waals surface area contributed by atoms with E-state index in [1.165, 1.54) is 6.07 Å². The number of carboxylic acid groups (broad SMARTS) is 1. The topological polar surface area (TPSA) is 59.0 Å². The van der Waals surface area contributed by atoms with Crippen LogP contribution in [0.5, 0.6) is 5.75 Å². The lowest BCUT2D eigenvalue weighted by molar-refractivity contribution is -0.0404. The summed E-state index contributed by atoms with van der Waals surface area (Å²) in [6, 6.07) is 4.56. The number of aromatic carboxylic acids is 1. The quantitative estimate of drug-likeness (QED) is 0.913. The minimum atomic E-state index is -1.06. The van der Waals surface area contributed by atoms with E-state index in [1.807, 2.05) is 7.05 Å². The molecular formula is C13H16ClNO4. The first-order chi connectivity index (χ1) is 9.06. The summed E-state index contributed by atoms with van der Waals surface area (Å²) in [7, 11) is 2.01. The molecule has 6 heteroatoms. The lowest BCUT2D eigenvalue weighted by atomic mass is 10.2. The van der Waals surface area contributed by atoms with E-state index in [9.17, 15) is 4.79 Å². The molecular weight excluding hydrogens is 270 g/mol. The highest BCUT2D eigenvalue weighted by molar-refractivity contribution is 6.31. The van der Waals surface area contributed by atoms with Crippen molar-refractivity contribution < 1.29 is 19.4 Å². The molecule has 1 N–H and O–H groups in total. The number of carbonyl (C=O) groups is 1. The van der Waals surface area contributed by atoms with Crippen molar-refractivity contribution in [1.82, 2.24) is 4.90 Å². The first-order valence-corrected chi connectivity index (χ1v) is 6.40. The van der Waals surface area contributed by atoms with Crippen molar-refractivity contribution in [1.29, 1.82) is 0 Å². The third kappa shape index (κ3) is 3.83. The smallest absolute Gasteiger partial charge is 0.339 e. The van der Waals surface area contributed by atoms with Gasteiger partial charge in [0.15, 0.2) is 0 Å². The summed E-state index contributed by atoms with van der Waals surface area (Å²) in [5, 5.41) is 9.46. The summed E-state index contributed by atoms with van der Waals surface area (Å²) < 4.78 is 11.1. The van der Waals surface area contributed by atoms with Gasteiger partial charge in [0.2, 0.25) is 0 Å². The van der Waals surface area contributed by atoms with E-state index < -0.39 is 5.97 Å². The fourth-order valence-electron chi connectivity index (χ4n) is 1.95. The summed E-state index contributed by atoms with van der Waals surface area (Å²) >= 11 is 5.78. The number of rotatable bonds is 4. The van der Waals surface area contributed by atoms with Gasteiger partial charge in [0, 0.05) is 18.1 Å². The Bertz CT molecular complexity index is 466. The minimum Gasteiger partial charge on any atom is -0.490 e. The second kappa shape index (κ2) is 6.23. The molecule has 1 aromatic carbocycles. The number of nitrogens with zero attached hydrogens (tertiary/aromatic N) is 1. The van der Waals surface area contributed by atoms with Crippen molar-refractivity contribution in [3.05, 3.63) is 28.8 Å². The number of hydrogen-bond acceptors (Lipinski definition) is 4. The number of carboxylic acids is 1. The molecule has 0 spiro atoms. The summed E-state index contributed by atoms with van der Waals surface area (Å²) in [6.45, 7) is 2.66. The van der Waals surface area contributed by atoms with Crippen molar-refractivity contribution >= 4 is 17.6 Å². The zero-order valence-corrected chi connectivity index (χ0v) is 11.4. The fraction of sp³-hybridized carbons (Fsp3) is 0.462. The highest BCUT2D eigenvalue weighted by Crippen LogP contribution is 2.23. The average Bonchev–Trinajstić information content (AvgIpc) is 2.37. The zero-order chi connectivity index (χ0) is 13.8. The second-order valence-corrected chi connectivity index (χ2v) is 4.95. The molecule has 1 heterocycles. The van der Waals surface area contributed by atoms with Crippen LogP contribution in [0.3, 0.4) is 0 Å². The molecule has 19 heavy (non-hydrogen) atoms. The number of halogens is 1. The fourth-order valence-corrected chi connectivity index (χ4v) is 2.12. The van der Waals surface area contributed by atoms with Crippen molar-refractivity contribution in [3.8, 4) is 5.75 Å². The standard InChI is InChI=1S/C13H16ClNO4/c1-15-4-5-18-10(7-15)8-19-12-3-2-9(14)6-11(12)13(16)17/h2-3,6,10H,4-5,7-8H2,1H3,(H,16,17). The van der Waals surface area contributed by atoms with E-state index in [4.69, 9.17) is 26.2 Å². The molecule has 2 rings (SSSR count). The predicted octanol–water partition coefficient (Wildman–Crippen LogP) is 1.75. The molecule has 0 saturated carbocycles.